The topological polar surface area (TPSA) is 3.24 Å². The van der Waals surface area contributed by atoms with Crippen LogP contribution in [0.5, 0.6) is 0 Å². The second kappa shape index (κ2) is 6.14. The molecule has 0 N–H and O–H groups in total. The van der Waals surface area contributed by atoms with Crippen molar-refractivity contribution in [3.05, 3.63) is 0 Å². The van der Waals surface area contributed by atoms with E-state index in [4.69, 9.17) is 11.1 Å². The van der Waals surface area contributed by atoms with Crippen molar-refractivity contribution in [2.75, 3.05) is 13.1 Å². The average Bonchev–Trinajstić information content (AvgIpc) is 2.05. The van der Waals surface area contributed by atoms with Crippen molar-refractivity contribution in [3.63, 3.8) is 0 Å². The van der Waals surface area contributed by atoms with E-state index in [0.717, 1.165) is 13.1 Å². The molecule has 0 saturated carbocycles. The molecule has 0 rings (SSSR count). The zero-order chi connectivity index (χ0) is 11.4. The second-order valence-electron chi connectivity index (χ2n) is 4.97. The lowest BCUT2D eigenvalue weighted by atomic mass is 9.90. The van der Waals surface area contributed by atoms with Crippen LogP contribution < -0.4 is 0 Å². The summed E-state index contributed by atoms with van der Waals surface area (Å²) < 4.78 is 2.47. The fourth-order valence-corrected chi connectivity index (χ4v) is 6.96. The van der Waals surface area contributed by atoms with Gasteiger partial charge in [-0.3, -0.25) is 0 Å². The number of nitrogens with zero attached hydrogens (tertiary/aromatic N) is 1. The number of hydrogen-bond acceptors (Lipinski definition) is 1. The number of hydrogen-bond donors (Lipinski definition) is 0. The van der Waals surface area contributed by atoms with E-state index < -0.39 is 8.27 Å². The lowest BCUT2D eigenvalue weighted by molar-refractivity contribution is 0.346. The Bertz CT molecular complexity index is 152. The van der Waals surface area contributed by atoms with Crippen LogP contribution in [0, 0.1) is 5.41 Å². The van der Waals surface area contributed by atoms with Gasteiger partial charge >= 0.3 is 0 Å². The molecule has 0 radical (unpaired) electrons. The van der Waals surface area contributed by atoms with E-state index in [-0.39, 0.29) is 0 Å². The fraction of sp³-hybridized carbons (Fsp3) is 1.00. The molecule has 0 aliphatic rings. The molecule has 3 heteroatoms. The van der Waals surface area contributed by atoms with Crippen molar-refractivity contribution >= 4 is 19.3 Å². The Hall–Kier alpha value is 0.467. The predicted octanol–water partition coefficient (Wildman–Crippen LogP) is 3.61. The maximum Gasteiger partial charge on any atom is 0.217 e. The summed E-state index contributed by atoms with van der Waals surface area (Å²) in [4.78, 5) is 0. The second-order valence-corrected chi connectivity index (χ2v) is 8.60. The van der Waals surface area contributed by atoms with Gasteiger partial charge in [-0.2, -0.15) is 0 Å². The van der Waals surface area contributed by atoms with E-state index >= 15 is 0 Å². The number of halogens is 1. The van der Waals surface area contributed by atoms with Gasteiger partial charge < -0.3 is 4.57 Å². The Balaban J connectivity index is 4.52. The third-order valence-electron chi connectivity index (χ3n) is 3.05. The molecule has 0 saturated heterocycles. The highest BCUT2D eigenvalue weighted by atomic mass is 35.6. The average molecular weight is 236 g/mol. The standard InChI is InChI=1S/C11H26ClNSi/c1-7-10(11(4,5)6)14(12)13(8-2)9-3/h10,14H,7-9H2,1-6H3. The molecule has 0 spiro atoms. The van der Waals surface area contributed by atoms with Crippen molar-refractivity contribution in [1.82, 2.24) is 4.57 Å². The van der Waals surface area contributed by atoms with Crippen molar-refractivity contribution in [1.29, 1.82) is 0 Å². The molecule has 0 aromatic rings. The summed E-state index contributed by atoms with van der Waals surface area (Å²) in [5, 5.41) is 0. The van der Waals surface area contributed by atoms with Crippen molar-refractivity contribution < 1.29 is 0 Å². The summed E-state index contributed by atoms with van der Waals surface area (Å²) in [6.45, 7) is 15.8. The minimum Gasteiger partial charge on any atom is -0.314 e. The zero-order valence-corrected chi connectivity index (χ0v) is 12.5. The fourth-order valence-electron chi connectivity index (χ4n) is 2.05. The zero-order valence-electron chi connectivity index (χ0n) is 10.6. The quantitative estimate of drug-likeness (QED) is 0.520. The van der Waals surface area contributed by atoms with E-state index in [9.17, 15) is 0 Å². The molecule has 1 nitrogen and oxygen atoms in total. The molecule has 0 aliphatic heterocycles. The highest BCUT2D eigenvalue weighted by Crippen LogP contribution is 2.38. The molecule has 2 unspecified atom stereocenters. The van der Waals surface area contributed by atoms with Crippen molar-refractivity contribution in [3.8, 4) is 0 Å². The third-order valence-corrected chi connectivity index (χ3v) is 8.35. The Kier molecular flexibility index (Phi) is 6.34. The third kappa shape index (κ3) is 3.91. The first-order chi connectivity index (χ1) is 6.38. The van der Waals surface area contributed by atoms with E-state index in [2.05, 4.69) is 46.1 Å². The van der Waals surface area contributed by atoms with Crippen LogP contribution in [0.2, 0.25) is 5.54 Å². The van der Waals surface area contributed by atoms with Crippen LogP contribution in [0.25, 0.3) is 0 Å². The Labute approximate surface area is 96.2 Å². The molecule has 0 aromatic heterocycles. The van der Waals surface area contributed by atoms with Crippen LogP contribution in [-0.4, -0.2) is 25.9 Å². The van der Waals surface area contributed by atoms with Gasteiger partial charge in [-0.15, -0.1) is 11.1 Å². The minimum atomic E-state index is -1.25. The summed E-state index contributed by atoms with van der Waals surface area (Å²) in [6.07, 6.45) is 1.21. The van der Waals surface area contributed by atoms with E-state index in [1.165, 1.54) is 6.42 Å². The summed E-state index contributed by atoms with van der Waals surface area (Å²) in [5.74, 6) is 0. The summed E-state index contributed by atoms with van der Waals surface area (Å²) in [5.41, 5.74) is 1.06. The van der Waals surface area contributed by atoms with Crippen LogP contribution in [-0.2, 0) is 0 Å². The van der Waals surface area contributed by atoms with E-state index in [0.29, 0.717) is 11.0 Å². The first kappa shape index (κ1) is 14.5. The van der Waals surface area contributed by atoms with Gasteiger partial charge in [-0.1, -0.05) is 48.0 Å². The molecule has 2 atom stereocenters. The molecule has 0 bridgehead atoms. The van der Waals surface area contributed by atoms with E-state index in [1.807, 2.05) is 0 Å². The maximum atomic E-state index is 6.66. The van der Waals surface area contributed by atoms with Gasteiger partial charge in [-0.05, 0) is 24.0 Å². The first-order valence-electron chi connectivity index (χ1n) is 5.76. The molecule has 0 amide bonds. The Morgan fingerprint density at radius 3 is 1.79 bits per heavy atom. The molecule has 0 heterocycles. The Morgan fingerprint density at radius 1 is 1.14 bits per heavy atom. The van der Waals surface area contributed by atoms with Gasteiger partial charge in [0.25, 0.3) is 0 Å². The lowest BCUT2D eigenvalue weighted by Gasteiger charge is -2.37. The molecule has 0 aliphatic carbocycles. The normalized spacial score (nSPS) is 17.1. The highest BCUT2D eigenvalue weighted by Gasteiger charge is 2.33. The molecule has 0 fully saturated rings. The SMILES string of the molecule is CCC([SiH](Cl)N(CC)CC)C(C)(C)C. The predicted molar refractivity (Wildman–Crippen MR) is 69.4 cm³/mol. The Morgan fingerprint density at radius 2 is 1.57 bits per heavy atom. The minimum absolute atomic E-state index is 0.357. The van der Waals surface area contributed by atoms with Gasteiger partial charge in [-0.25, -0.2) is 0 Å². The van der Waals surface area contributed by atoms with Crippen LogP contribution in [0.1, 0.15) is 48.0 Å². The summed E-state index contributed by atoms with van der Waals surface area (Å²) in [7, 11) is -1.25. The summed E-state index contributed by atoms with van der Waals surface area (Å²) >= 11 is 6.66. The molecular weight excluding hydrogens is 210 g/mol. The lowest BCUT2D eigenvalue weighted by Crippen LogP contribution is -2.42. The van der Waals surface area contributed by atoms with Crippen LogP contribution in [0.15, 0.2) is 0 Å². The van der Waals surface area contributed by atoms with Gasteiger partial charge in [0.2, 0.25) is 8.27 Å². The van der Waals surface area contributed by atoms with Gasteiger partial charge in [0.1, 0.15) is 0 Å². The summed E-state index contributed by atoms with van der Waals surface area (Å²) in [6, 6.07) is 0. The molecule has 0 aromatic carbocycles. The molecular formula is C11H26ClNSi. The largest absolute Gasteiger partial charge is 0.314 e. The van der Waals surface area contributed by atoms with Crippen molar-refractivity contribution in [2.24, 2.45) is 5.41 Å². The maximum absolute atomic E-state index is 6.66. The van der Waals surface area contributed by atoms with Gasteiger partial charge in [0.05, 0.1) is 0 Å². The van der Waals surface area contributed by atoms with Crippen molar-refractivity contribution in [2.45, 2.75) is 53.5 Å². The van der Waals surface area contributed by atoms with Gasteiger partial charge in [0, 0.05) is 0 Å². The van der Waals surface area contributed by atoms with Crippen LogP contribution in [0.4, 0.5) is 0 Å². The van der Waals surface area contributed by atoms with Gasteiger partial charge in [0.15, 0.2) is 0 Å². The highest BCUT2D eigenvalue weighted by molar-refractivity contribution is 7.06. The number of rotatable bonds is 5. The van der Waals surface area contributed by atoms with Crippen LogP contribution >= 0.6 is 11.1 Å². The van der Waals surface area contributed by atoms with E-state index in [1.54, 1.807) is 0 Å². The smallest absolute Gasteiger partial charge is 0.217 e. The monoisotopic (exact) mass is 235 g/mol. The first-order valence-corrected chi connectivity index (χ1v) is 8.69. The molecule has 86 valence electrons. The van der Waals surface area contributed by atoms with Crippen LogP contribution in [0.3, 0.4) is 0 Å². The molecule has 14 heavy (non-hydrogen) atoms.